The predicted octanol–water partition coefficient (Wildman–Crippen LogP) is 3.05. The molecule has 0 fully saturated rings. The van der Waals surface area contributed by atoms with Gasteiger partial charge in [-0.15, -0.1) is 0 Å². The van der Waals surface area contributed by atoms with E-state index in [-0.39, 0.29) is 6.42 Å². The van der Waals surface area contributed by atoms with Crippen molar-refractivity contribution in [2.24, 2.45) is 0 Å². The van der Waals surface area contributed by atoms with Gasteiger partial charge in [-0.25, -0.2) is 0 Å². The average Bonchev–Trinajstić information content (AvgIpc) is 3.03. The second kappa shape index (κ2) is 6.74. The van der Waals surface area contributed by atoms with Crippen molar-refractivity contribution < 1.29 is 24.5 Å². The average molecular weight is 326 g/mol. The molecular weight excluding hydrogens is 308 g/mol. The van der Waals surface area contributed by atoms with Crippen molar-refractivity contribution >= 4 is 11.9 Å². The summed E-state index contributed by atoms with van der Waals surface area (Å²) in [5.41, 5.74) is 2.24. The van der Waals surface area contributed by atoms with Crippen LogP contribution in [0, 0.1) is 0 Å². The summed E-state index contributed by atoms with van der Waals surface area (Å²) in [7, 11) is 0. The summed E-state index contributed by atoms with van der Waals surface area (Å²) in [6.45, 7) is 0.596. The fraction of sp³-hybridized carbons (Fsp3) is 0.263. The van der Waals surface area contributed by atoms with Crippen LogP contribution in [0.1, 0.15) is 34.9 Å². The Balaban J connectivity index is 1.90. The van der Waals surface area contributed by atoms with Gasteiger partial charge in [0.25, 0.3) is 0 Å². The minimum absolute atomic E-state index is 0.00648. The normalized spacial score (nSPS) is 15.2. The van der Waals surface area contributed by atoms with Crippen LogP contribution >= 0.6 is 0 Å². The second-order valence-electron chi connectivity index (χ2n) is 5.89. The summed E-state index contributed by atoms with van der Waals surface area (Å²) in [5.74, 6) is -3.13. The van der Waals surface area contributed by atoms with E-state index in [1.165, 1.54) is 0 Å². The Labute approximate surface area is 139 Å². The van der Waals surface area contributed by atoms with E-state index >= 15 is 0 Å². The molecule has 2 aromatic rings. The predicted molar refractivity (Wildman–Crippen MR) is 87.5 cm³/mol. The molecule has 24 heavy (non-hydrogen) atoms. The lowest BCUT2D eigenvalue weighted by Gasteiger charge is -2.19. The van der Waals surface area contributed by atoms with Crippen LogP contribution in [0.5, 0.6) is 5.75 Å². The number of carbonyl (C=O) groups is 2. The van der Waals surface area contributed by atoms with Gasteiger partial charge in [0.2, 0.25) is 0 Å². The lowest BCUT2D eigenvalue weighted by molar-refractivity contribution is -0.141. The van der Waals surface area contributed by atoms with Crippen molar-refractivity contribution in [1.29, 1.82) is 0 Å². The first-order valence-electron chi connectivity index (χ1n) is 7.82. The van der Waals surface area contributed by atoms with Gasteiger partial charge >= 0.3 is 11.9 Å². The number of fused-ring (bicyclic) bond motifs is 1. The molecule has 1 aliphatic heterocycles. The molecule has 2 N–H and O–H groups in total. The molecule has 3 rings (SSSR count). The van der Waals surface area contributed by atoms with Crippen molar-refractivity contribution in [3.63, 3.8) is 0 Å². The molecule has 0 spiro atoms. The molecule has 2 atom stereocenters. The van der Waals surface area contributed by atoms with E-state index in [1.807, 2.05) is 6.07 Å². The van der Waals surface area contributed by atoms with E-state index in [1.54, 1.807) is 42.5 Å². The van der Waals surface area contributed by atoms with Gasteiger partial charge in [0.1, 0.15) is 5.75 Å². The van der Waals surface area contributed by atoms with Gasteiger partial charge in [-0.3, -0.25) is 9.59 Å². The Hall–Kier alpha value is -2.82. The minimum Gasteiger partial charge on any atom is -0.493 e. The Kier molecular flexibility index (Phi) is 4.51. The largest absolute Gasteiger partial charge is 0.493 e. The molecule has 0 saturated carbocycles. The van der Waals surface area contributed by atoms with Crippen molar-refractivity contribution in [2.75, 3.05) is 6.61 Å². The molecule has 1 heterocycles. The lowest BCUT2D eigenvalue weighted by atomic mass is 9.84. The van der Waals surface area contributed by atoms with Crippen LogP contribution in [0.25, 0.3) is 0 Å². The van der Waals surface area contributed by atoms with Crippen LogP contribution in [0.3, 0.4) is 0 Å². The molecule has 0 saturated heterocycles. The maximum absolute atomic E-state index is 11.8. The Morgan fingerprint density at radius 2 is 1.62 bits per heavy atom. The zero-order chi connectivity index (χ0) is 17.1. The molecule has 5 nitrogen and oxygen atoms in total. The maximum atomic E-state index is 11.8. The highest BCUT2D eigenvalue weighted by molar-refractivity contribution is 5.80. The Morgan fingerprint density at radius 3 is 2.29 bits per heavy atom. The minimum atomic E-state index is -1.03. The van der Waals surface area contributed by atoms with Gasteiger partial charge in [0.05, 0.1) is 18.4 Å². The van der Waals surface area contributed by atoms with Crippen molar-refractivity contribution in [2.45, 2.75) is 24.7 Å². The van der Waals surface area contributed by atoms with E-state index in [0.717, 1.165) is 12.0 Å². The molecule has 0 radical (unpaired) electrons. The third-order valence-electron chi connectivity index (χ3n) is 4.39. The van der Waals surface area contributed by atoms with E-state index in [0.29, 0.717) is 23.5 Å². The summed E-state index contributed by atoms with van der Waals surface area (Å²) >= 11 is 0. The van der Waals surface area contributed by atoms with E-state index in [9.17, 15) is 19.8 Å². The summed E-state index contributed by atoms with van der Waals surface area (Å²) in [6.07, 6.45) is 0.808. The molecule has 1 aliphatic rings. The summed E-state index contributed by atoms with van der Waals surface area (Å²) < 4.78 is 5.50. The van der Waals surface area contributed by atoms with Crippen molar-refractivity contribution in [3.8, 4) is 5.75 Å². The quantitative estimate of drug-likeness (QED) is 0.852. The van der Waals surface area contributed by atoms with Crippen molar-refractivity contribution in [3.05, 3.63) is 65.2 Å². The maximum Gasteiger partial charge on any atom is 0.311 e. The third kappa shape index (κ3) is 3.25. The number of rotatable bonds is 6. The number of benzene rings is 2. The zero-order valence-corrected chi connectivity index (χ0v) is 13.0. The fourth-order valence-electron chi connectivity index (χ4n) is 3.08. The van der Waals surface area contributed by atoms with Gasteiger partial charge < -0.3 is 14.9 Å². The highest BCUT2D eigenvalue weighted by Crippen LogP contribution is 2.34. The standard InChI is InChI=1S/C19H18O5/c20-18(21)15(12-4-2-1-3-5-12)11-16(19(22)23)14-7-6-13-8-9-24-17(13)10-14/h1-7,10,15-16H,8-9,11H2,(H,20,21)(H,22,23). The third-order valence-corrected chi connectivity index (χ3v) is 4.39. The summed E-state index contributed by atoms with van der Waals surface area (Å²) in [6, 6.07) is 14.1. The van der Waals surface area contributed by atoms with Gasteiger partial charge in [-0.2, -0.15) is 0 Å². The summed E-state index contributed by atoms with van der Waals surface area (Å²) in [5, 5.41) is 19.2. The van der Waals surface area contributed by atoms with Gasteiger partial charge in [0, 0.05) is 6.42 Å². The molecule has 0 aliphatic carbocycles. The van der Waals surface area contributed by atoms with Crippen LogP contribution in [-0.2, 0) is 16.0 Å². The molecule has 0 amide bonds. The molecule has 5 heteroatoms. The first-order valence-corrected chi connectivity index (χ1v) is 7.82. The smallest absolute Gasteiger partial charge is 0.311 e. The van der Waals surface area contributed by atoms with Crippen LogP contribution in [0.15, 0.2) is 48.5 Å². The van der Waals surface area contributed by atoms with E-state index in [2.05, 4.69) is 0 Å². The van der Waals surface area contributed by atoms with Gasteiger partial charge in [0.15, 0.2) is 0 Å². The molecule has 124 valence electrons. The number of carboxylic acids is 2. The number of ether oxygens (including phenoxy) is 1. The molecule has 2 unspecified atom stereocenters. The van der Waals surface area contributed by atoms with Crippen LogP contribution in [-0.4, -0.2) is 28.8 Å². The van der Waals surface area contributed by atoms with Crippen LogP contribution < -0.4 is 4.74 Å². The lowest BCUT2D eigenvalue weighted by Crippen LogP contribution is -2.20. The van der Waals surface area contributed by atoms with Gasteiger partial charge in [-0.1, -0.05) is 42.5 Å². The molecule has 2 aromatic carbocycles. The summed E-state index contributed by atoms with van der Waals surface area (Å²) in [4.78, 5) is 23.4. The topological polar surface area (TPSA) is 83.8 Å². The Morgan fingerprint density at radius 1 is 0.958 bits per heavy atom. The molecule has 0 aromatic heterocycles. The van der Waals surface area contributed by atoms with Gasteiger partial charge in [-0.05, 0) is 29.2 Å². The first kappa shape index (κ1) is 16.1. The highest BCUT2D eigenvalue weighted by atomic mass is 16.5. The SMILES string of the molecule is O=C(O)C(CC(C(=O)O)c1ccc2c(c1)OCC2)c1ccccc1. The molecular formula is C19H18O5. The number of hydrogen-bond acceptors (Lipinski definition) is 3. The fourth-order valence-corrected chi connectivity index (χ4v) is 3.08. The number of carboxylic acid groups (broad SMARTS) is 2. The van der Waals surface area contributed by atoms with Crippen molar-refractivity contribution in [1.82, 2.24) is 0 Å². The zero-order valence-electron chi connectivity index (χ0n) is 13.0. The monoisotopic (exact) mass is 326 g/mol. The van der Waals surface area contributed by atoms with E-state index in [4.69, 9.17) is 4.74 Å². The van der Waals surface area contributed by atoms with Crippen LogP contribution in [0.2, 0.25) is 0 Å². The highest BCUT2D eigenvalue weighted by Gasteiger charge is 2.30. The first-order chi connectivity index (χ1) is 11.6. The van der Waals surface area contributed by atoms with E-state index < -0.39 is 23.8 Å². The number of hydrogen-bond donors (Lipinski definition) is 2. The Bertz CT molecular complexity index is 754. The number of aliphatic carboxylic acids is 2. The molecule has 0 bridgehead atoms. The van der Waals surface area contributed by atoms with Crippen LogP contribution in [0.4, 0.5) is 0 Å². The second-order valence-corrected chi connectivity index (χ2v) is 5.89.